The molecule has 1 unspecified atom stereocenters. The molecule has 1 amide bonds. The Labute approximate surface area is 150 Å². The summed E-state index contributed by atoms with van der Waals surface area (Å²) >= 11 is 0. The topological polar surface area (TPSA) is 56.2 Å². The number of ether oxygens (including phenoxy) is 1. The van der Waals surface area contributed by atoms with Gasteiger partial charge in [-0.2, -0.15) is 0 Å². The summed E-state index contributed by atoms with van der Waals surface area (Å²) in [5.41, 5.74) is 1.19. The molecule has 2 heterocycles. The highest BCUT2D eigenvalue weighted by Gasteiger charge is 2.31. The minimum absolute atomic E-state index is 0.189. The van der Waals surface area contributed by atoms with E-state index in [1.807, 2.05) is 17.0 Å². The Morgan fingerprint density at radius 3 is 2.44 bits per heavy atom. The number of hydrogen-bond donors (Lipinski definition) is 1. The van der Waals surface area contributed by atoms with Crippen LogP contribution in [-0.2, 0) is 4.79 Å². The van der Waals surface area contributed by atoms with E-state index in [1.54, 1.807) is 7.11 Å². The molecule has 25 heavy (non-hydrogen) atoms. The van der Waals surface area contributed by atoms with E-state index in [4.69, 9.17) is 9.84 Å². The summed E-state index contributed by atoms with van der Waals surface area (Å²) in [5, 5.41) is 9.02. The van der Waals surface area contributed by atoms with Crippen LogP contribution in [0.3, 0.4) is 0 Å². The average Bonchev–Trinajstić information content (AvgIpc) is 3.13. The predicted molar refractivity (Wildman–Crippen MR) is 96.6 cm³/mol. The van der Waals surface area contributed by atoms with Crippen LogP contribution in [0.25, 0.3) is 0 Å². The van der Waals surface area contributed by atoms with Gasteiger partial charge in [-0.15, -0.1) is 0 Å². The number of likely N-dealkylation sites (tertiary alicyclic amines) is 1. The molecule has 0 aliphatic carbocycles. The van der Waals surface area contributed by atoms with Crippen LogP contribution in [-0.4, -0.2) is 85.2 Å². The second-order valence-corrected chi connectivity index (χ2v) is 6.86. The molecule has 2 aliphatic rings. The Kier molecular flexibility index (Phi) is 6.29. The van der Waals surface area contributed by atoms with Gasteiger partial charge in [0.1, 0.15) is 5.75 Å². The lowest BCUT2D eigenvalue weighted by atomic mass is 10.0. The summed E-state index contributed by atoms with van der Waals surface area (Å²) in [4.78, 5) is 19.4. The van der Waals surface area contributed by atoms with Crippen molar-refractivity contribution in [2.45, 2.75) is 18.9 Å². The maximum atomic E-state index is 12.8. The fourth-order valence-corrected chi connectivity index (χ4v) is 3.83. The number of benzene rings is 1. The number of carbonyl (C=O) groups is 1. The van der Waals surface area contributed by atoms with Crippen LogP contribution in [0.2, 0.25) is 0 Å². The first kappa shape index (κ1) is 18.2. The first-order valence-electron chi connectivity index (χ1n) is 9.20. The Morgan fingerprint density at radius 1 is 1.12 bits per heavy atom. The minimum atomic E-state index is 0.189. The van der Waals surface area contributed by atoms with Gasteiger partial charge in [0.2, 0.25) is 5.91 Å². The molecule has 2 saturated heterocycles. The molecule has 1 aromatic carbocycles. The average molecular weight is 347 g/mol. The third-order valence-corrected chi connectivity index (χ3v) is 5.31. The van der Waals surface area contributed by atoms with Crippen molar-refractivity contribution in [3.05, 3.63) is 29.8 Å². The highest BCUT2D eigenvalue weighted by molar-refractivity contribution is 5.79. The lowest BCUT2D eigenvalue weighted by molar-refractivity contribution is -0.133. The molecule has 138 valence electrons. The summed E-state index contributed by atoms with van der Waals surface area (Å²) in [6.07, 6.45) is 2.09. The number of methoxy groups -OCH3 is 1. The fourth-order valence-electron chi connectivity index (χ4n) is 3.83. The number of rotatable bonds is 6. The van der Waals surface area contributed by atoms with Crippen molar-refractivity contribution < 1.29 is 14.6 Å². The highest BCUT2D eigenvalue weighted by Crippen LogP contribution is 2.32. The van der Waals surface area contributed by atoms with Gasteiger partial charge in [0.15, 0.2) is 0 Å². The molecule has 2 aliphatic heterocycles. The summed E-state index contributed by atoms with van der Waals surface area (Å²) in [7, 11) is 1.67. The number of piperazine rings is 1. The molecule has 6 heteroatoms. The van der Waals surface area contributed by atoms with Crippen LogP contribution in [0.1, 0.15) is 24.4 Å². The number of nitrogens with zero attached hydrogens (tertiary/aromatic N) is 3. The van der Waals surface area contributed by atoms with E-state index in [2.05, 4.69) is 21.9 Å². The lowest BCUT2D eigenvalue weighted by Crippen LogP contribution is -2.50. The first-order valence-corrected chi connectivity index (χ1v) is 9.20. The maximum absolute atomic E-state index is 12.8. The maximum Gasteiger partial charge on any atom is 0.237 e. The van der Waals surface area contributed by atoms with Gasteiger partial charge < -0.3 is 14.7 Å². The lowest BCUT2D eigenvalue weighted by Gasteiger charge is -2.35. The van der Waals surface area contributed by atoms with Crippen molar-refractivity contribution in [2.75, 3.05) is 59.5 Å². The standard InChI is InChI=1S/C19H29N3O3/c1-25-17-6-4-16(5-7-17)18-3-2-8-22(18)19(24)15-21-11-9-20(10-12-21)13-14-23/h4-7,18,23H,2-3,8-15H2,1H3. The van der Waals surface area contributed by atoms with E-state index in [-0.39, 0.29) is 18.6 Å². The third-order valence-electron chi connectivity index (χ3n) is 5.31. The molecule has 0 spiro atoms. The molecule has 2 fully saturated rings. The van der Waals surface area contributed by atoms with Crippen LogP contribution in [0.15, 0.2) is 24.3 Å². The fraction of sp³-hybridized carbons (Fsp3) is 0.632. The van der Waals surface area contributed by atoms with Crippen LogP contribution >= 0.6 is 0 Å². The van der Waals surface area contributed by atoms with E-state index in [1.165, 1.54) is 5.56 Å². The van der Waals surface area contributed by atoms with E-state index in [0.717, 1.165) is 57.9 Å². The zero-order chi connectivity index (χ0) is 17.6. The number of β-amino-alcohol motifs (C(OH)–C–C–N with tert-alkyl or cyclic N) is 1. The number of aliphatic hydroxyl groups is 1. The van der Waals surface area contributed by atoms with Gasteiger partial charge in [0.05, 0.1) is 26.3 Å². The Bertz CT molecular complexity index is 556. The predicted octanol–water partition coefficient (Wildman–Crippen LogP) is 0.969. The van der Waals surface area contributed by atoms with Crippen LogP contribution in [0.5, 0.6) is 5.75 Å². The number of amides is 1. The molecular formula is C19H29N3O3. The van der Waals surface area contributed by atoms with E-state index < -0.39 is 0 Å². The number of carbonyl (C=O) groups excluding carboxylic acids is 1. The molecule has 3 rings (SSSR count). The van der Waals surface area contributed by atoms with E-state index >= 15 is 0 Å². The number of hydrogen-bond acceptors (Lipinski definition) is 5. The van der Waals surface area contributed by atoms with Crippen molar-refractivity contribution >= 4 is 5.91 Å². The molecular weight excluding hydrogens is 318 g/mol. The zero-order valence-electron chi connectivity index (χ0n) is 15.1. The van der Waals surface area contributed by atoms with Crippen LogP contribution in [0.4, 0.5) is 0 Å². The molecule has 1 atom stereocenters. The second-order valence-electron chi connectivity index (χ2n) is 6.86. The Hall–Kier alpha value is -1.63. The summed E-state index contributed by atoms with van der Waals surface area (Å²) in [6.45, 7) is 5.92. The Balaban J connectivity index is 1.55. The largest absolute Gasteiger partial charge is 0.497 e. The highest BCUT2D eigenvalue weighted by atomic mass is 16.5. The van der Waals surface area contributed by atoms with Crippen molar-refractivity contribution in [1.29, 1.82) is 0 Å². The molecule has 1 aromatic rings. The van der Waals surface area contributed by atoms with Crippen molar-refractivity contribution in [1.82, 2.24) is 14.7 Å². The molecule has 6 nitrogen and oxygen atoms in total. The smallest absolute Gasteiger partial charge is 0.237 e. The quantitative estimate of drug-likeness (QED) is 0.831. The van der Waals surface area contributed by atoms with Crippen molar-refractivity contribution in [3.8, 4) is 5.75 Å². The minimum Gasteiger partial charge on any atom is -0.497 e. The third kappa shape index (κ3) is 4.51. The van der Waals surface area contributed by atoms with Gasteiger partial charge in [-0.1, -0.05) is 12.1 Å². The van der Waals surface area contributed by atoms with Crippen molar-refractivity contribution in [3.63, 3.8) is 0 Å². The summed E-state index contributed by atoms with van der Waals surface area (Å²) < 4.78 is 5.23. The number of aliphatic hydroxyl groups excluding tert-OH is 1. The Morgan fingerprint density at radius 2 is 1.80 bits per heavy atom. The van der Waals surface area contributed by atoms with Gasteiger partial charge in [-0.3, -0.25) is 14.6 Å². The van der Waals surface area contributed by atoms with Crippen LogP contribution < -0.4 is 4.74 Å². The normalized spacial score (nSPS) is 22.3. The van der Waals surface area contributed by atoms with Gasteiger partial charge >= 0.3 is 0 Å². The van der Waals surface area contributed by atoms with Gasteiger partial charge in [-0.25, -0.2) is 0 Å². The second kappa shape index (κ2) is 8.65. The summed E-state index contributed by atoms with van der Waals surface area (Å²) in [5.74, 6) is 1.08. The van der Waals surface area contributed by atoms with Gasteiger partial charge in [0, 0.05) is 39.3 Å². The van der Waals surface area contributed by atoms with Crippen LogP contribution in [0, 0.1) is 0 Å². The molecule has 1 N–H and O–H groups in total. The zero-order valence-corrected chi connectivity index (χ0v) is 15.1. The van der Waals surface area contributed by atoms with Gasteiger partial charge in [-0.05, 0) is 30.5 Å². The molecule has 0 saturated carbocycles. The first-order chi connectivity index (χ1) is 12.2. The monoisotopic (exact) mass is 347 g/mol. The molecule has 0 aromatic heterocycles. The van der Waals surface area contributed by atoms with Crippen molar-refractivity contribution in [2.24, 2.45) is 0 Å². The molecule has 0 radical (unpaired) electrons. The SMILES string of the molecule is COc1ccc(C2CCCN2C(=O)CN2CCN(CCO)CC2)cc1. The molecule has 0 bridgehead atoms. The van der Waals surface area contributed by atoms with Gasteiger partial charge in [0.25, 0.3) is 0 Å². The van der Waals surface area contributed by atoms with E-state index in [0.29, 0.717) is 6.54 Å². The van der Waals surface area contributed by atoms with E-state index in [9.17, 15) is 4.79 Å². The summed E-state index contributed by atoms with van der Waals surface area (Å²) in [6, 6.07) is 8.27.